The minimum atomic E-state index is 1.11. The van der Waals surface area contributed by atoms with Gasteiger partial charge < -0.3 is 4.98 Å². The Morgan fingerprint density at radius 3 is 2.33 bits per heavy atom. The molecule has 1 rings (SSSR count). The number of aryl methyl sites for hydroxylation is 3. The number of H-pyrrole nitrogens is 1. The van der Waals surface area contributed by atoms with Gasteiger partial charge >= 0.3 is 0 Å². The third-order valence-corrected chi connectivity index (χ3v) is 1.71. The van der Waals surface area contributed by atoms with Crippen molar-refractivity contribution in [2.75, 3.05) is 0 Å². The van der Waals surface area contributed by atoms with Gasteiger partial charge in [0.25, 0.3) is 0 Å². The van der Waals surface area contributed by atoms with E-state index in [1.165, 1.54) is 17.0 Å². The van der Waals surface area contributed by atoms with E-state index in [0.717, 1.165) is 6.42 Å². The van der Waals surface area contributed by atoms with Crippen LogP contribution in [0.2, 0.25) is 0 Å². The van der Waals surface area contributed by atoms with Crippen molar-refractivity contribution in [2.45, 2.75) is 27.2 Å². The largest absolute Gasteiger partial charge is 0.362 e. The summed E-state index contributed by atoms with van der Waals surface area (Å²) in [5, 5.41) is 0. The summed E-state index contributed by atoms with van der Waals surface area (Å²) in [6.45, 7) is 6.39. The molecule has 0 aliphatic carbocycles. The second kappa shape index (κ2) is 2.26. The summed E-state index contributed by atoms with van der Waals surface area (Å²) in [5.41, 5.74) is 4.00. The predicted molar refractivity (Wildman–Crippen MR) is 39.6 cm³/mol. The second-order valence-corrected chi connectivity index (χ2v) is 2.46. The van der Waals surface area contributed by atoms with Crippen molar-refractivity contribution < 1.29 is 0 Å². The summed E-state index contributed by atoms with van der Waals surface area (Å²) in [5.74, 6) is 0. The molecule has 1 aromatic rings. The summed E-state index contributed by atoms with van der Waals surface area (Å²) < 4.78 is 0. The SMILES string of the molecule is CCc1cc(C)c(C)[nH]1. The van der Waals surface area contributed by atoms with E-state index in [-0.39, 0.29) is 0 Å². The Labute approximate surface area is 56.1 Å². The molecule has 50 valence electrons. The van der Waals surface area contributed by atoms with Crippen LogP contribution < -0.4 is 0 Å². The van der Waals surface area contributed by atoms with Crippen molar-refractivity contribution in [1.82, 2.24) is 4.98 Å². The number of nitrogens with one attached hydrogen (secondary N) is 1. The van der Waals surface area contributed by atoms with Crippen LogP contribution in [0.3, 0.4) is 0 Å². The molecular formula is C8H13N. The number of rotatable bonds is 1. The zero-order chi connectivity index (χ0) is 6.85. The first-order chi connectivity index (χ1) is 4.24. The van der Waals surface area contributed by atoms with Crippen LogP contribution in [0.15, 0.2) is 6.07 Å². The van der Waals surface area contributed by atoms with Crippen LogP contribution in [-0.4, -0.2) is 4.98 Å². The van der Waals surface area contributed by atoms with Crippen molar-refractivity contribution in [3.8, 4) is 0 Å². The molecule has 9 heavy (non-hydrogen) atoms. The lowest BCUT2D eigenvalue weighted by Crippen LogP contribution is -1.77. The van der Waals surface area contributed by atoms with Crippen LogP contribution >= 0.6 is 0 Å². The summed E-state index contributed by atoms with van der Waals surface area (Å²) in [6.07, 6.45) is 1.11. The monoisotopic (exact) mass is 123 g/mol. The fraction of sp³-hybridized carbons (Fsp3) is 0.500. The highest BCUT2D eigenvalue weighted by molar-refractivity contribution is 5.22. The average molecular weight is 123 g/mol. The van der Waals surface area contributed by atoms with Gasteiger partial charge in [0.2, 0.25) is 0 Å². The first-order valence-electron chi connectivity index (χ1n) is 3.39. The molecule has 1 nitrogen and oxygen atoms in total. The minimum absolute atomic E-state index is 1.11. The third kappa shape index (κ3) is 1.15. The predicted octanol–water partition coefficient (Wildman–Crippen LogP) is 2.19. The molecule has 1 heterocycles. The molecule has 0 bridgehead atoms. The molecule has 0 fully saturated rings. The van der Waals surface area contributed by atoms with Gasteiger partial charge in [0, 0.05) is 11.4 Å². The molecule has 0 unspecified atom stereocenters. The van der Waals surface area contributed by atoms with Gasteiger partial charge in [-0.3, -0.25) is 0 Å². The van der Waals surface area contributed by atoms with E-state index >= 15 is 0 Å². The molecule has 0 atom stereocenters. The number of aromatic amines is 1. The van der Waals surface area contributed by atoms with Crippen molar-refractivity contribution in [2.24, 2.45) is 0 Å². The lowest BCUT2D eigenvalue weighted by Gasteiger charge is -1.85. The van der Waals surface area contributed by atoms with Crippen molar-refractivity contribution in [1.29, 1.82) is 0 Å². The molecule has 0 spiro atoms. The number of aromatic nitrogens is 1. The van der Waals surface area contributed by atoms with Gasteiger partial charge in [-0.05, 0) is 31.9 Å². The average Bonchev–Trinajstić information content (AvgIpc) is 2.13. The van der Waals surface area contributed by atoms with Gasteiger partial charge in [-0.15, -0.1) is 0 Å². The molecule has 1 N–H and O–H groups in total. The number of hydrogen-bond acceptors (Lipinski definition) is 0. The lowest BCUT2D eigenvalue weighted by molar-refractivity contribution is 1.04. The Kier molecular flexibility index (Phi) is 1.60. The van der Waals surface area contributed by atoms with Gasteiger partial charge in [0.15, 0.2) is 0 Å². The highest BCUT2D eigenvalue weighted by atomic mass is 14.7. The normalized spacial score (nSPS) is 10.1. The highest BCUT2D eigenvalue weighted by Gasteiger charge is 1.95. The van der Waals surface area contributed by atoms with E-state index in [2.05, 4.69) is 31.8 Å². The topological polar surface area (TPSA) is 15.8 Å². The van der Waals surface area contributed by atoms with Gasteiger partial charge in [-0.1, -0.05) is 6.92 Å². The Morgan fingerprint density at radius 2 is 2.11 bits per heavy atom. The molecule has 0 aromatic carbocycles. The second-order valence-electron chi connectivity index (χ2n) is 2.46. The van der Waals surface area contributed by atoms with Crippen LogP contribution in [0.5, 0.6) is 0 Å². The van der Waals surface area contributed by atoms with Crippen LogP contribution in [-0.2, 0) is 6.42 Å². The Hall–Kier alpha value is -0.720. The van der Waals surface area contributed by atoms with Crippen LogP contribution in [0.25, 0.3) is 0 Å². The minimum Gasteiger partial charge on any atom is -0.362 e. The zero-order valence-corrected chi connectivity index (χ0v) is 6.28. The summed E-state index contributed by atoms with van der Waals surface area (Å²) >= 11 is 0. The summed E-state index contributed by atoms with van der Waals surface area (Å²) in [6, 6.07) is 2.20. The summed E-state index contributed by atoms with van der Waals surface area (Å²) in [7, 11) is 0. The maximum Gasteiger partial charge on any atom is 0.0149 e. The molecule has 1 heteroatoms. The maximum atomic E-state index is 3.29. The van der Waals surface area contributed by atoms with E-state index in [9.17, 15) is 0 Å². The molecule has 0 aliphatic rings. The Bertz CT molecular complexity index is 179. The Morgan fingerprint density at radius 1 is 1.44 bits per heavy atom. The fourth-order valence-corrected chi connectivity index (χ4v) is 0.936. The van der Waals surface area contributed by atoms with E-state index in [1.54, 1.807) is 0 Å². The lowest BCUT2D eigenvalue weighted by atomic mass is 10.2. The molecule has 1 aromatic heterocycles. The van der Waals surface area contributed by atoms with Crippen molar-refractivity contribution >= 4 is 0 Å². The quantitative estimate of drug-likeness (QED) is 0.589. The van der Waals surface area contributed by atoms with Crippen LogP contribution in [0.1, 0.15) is 23.9 Å². The highest BCUT2D eigenvalue weighted by Crippen LogP contribution is 2.07. The first kappa shape index (κ1) is 6.40. The molecule has 0 saturated carbocycles. The van der Waals surface area contributed by atoms with E-state index in [0.29, 0.717) is 0 Å². The van der Waals surface area contributed by atoms with Gasteiger partial charge in [0.05, 0.1) is 0 Å². The van der Waals surface area contributed by atoms with Gasteiger partial charge in [-0.25, -0.2) is 0 Å². The third-order valence-electron chi connectivity index (χ3n) is 1.71. The van der Waals surface area contributed by atoms with Crippen LogP contribution in [0, 0.1) is 13.8 Å². The molecular weight excluding hydrogens is 110 g/mol. The number of hydrogen-bond donors (Lipinski definition) is 1. The van der Waals surface area contributed by atoms with E-state index in [1.807, 2.05) is 0 Å². The van der Waals surface area contributed by atoms with E-state index in [4.69, 9.17) is 0 Å². The standard InChI is InChI=1S/C8H13N/c1-4-8-5-6(2)7(3)9-8/h5,9H,4H2,1-3H3. The summed E-state index contributed by atoms with van der Waals surface area (Å²) in [4.78, 5) is 3.29. The van der Waals surface area contributed by atoms with Gasteiger partial charge in [0.1, 0.15) is 0 Å². The van der Waals surface area contributed by atoms with Crippen molar-refractivity contribution in [3.63, 3.8) is 0 Å². The van der Waals surface area contributed by atoms with Crippen molar-refractivity contribution in [3.05, 3.63) is 23.0 Å². The molecule has 0 saturated heterocycles. The Balaban J connectivity index is 2.98. The molecule has 0 amide bonds. The fourth-order valence-electron chi connectivity index (χ4n) is 0.936. The van der Waals surface area contributed by atoms with Gasteiger partial charge in [-0.2, -0.15) is 0 Å². The first-order valence-corrected chi connectivity index (χ1v) is 3.39. The molecule has 0 aliphatic heterocycles. The zero-order valence-electron chi connectivity index (χ0n) is 6.28. The smallest absolute Gasteiger partial charge is 0.0149 e. The van der Waals surface area contributed by atoms with E-state index < -0.39 is 0 Å². The van der Waals surface area contributed by atoms with Crippen LogP contribution in [0.4, 0.5) is 0 Å². The maximum absolute atomic E-state index is 3.29. The molecule has 0 radical (unpaired) electrons.